The molecule has 0 amide bonds. The smallest absolute Gasteiger partial charge is 0.394 e. The van der Waals surface area contributed by atoms with Gasteiger partial charge in [-0.15, -0.1) is 0 Å². The molecule has 4 nitrogen and oxygen atoms in total. The fraction of sp³-hybridized carbons (Fsp3) is 0.125. The van der Waals surface area contributed by atoms with Gasteiger partial charge in [0.2, 0.25) is 0 Å². The Labute approximate surface area is 68.9 Å². The summed E-state index contributed by atoms with van der Waals surface area (Å²) in [4.78, 5) is 4.02. The Kier molecular flexibility index (Phi) is 1.40. The van der Waals surface area contributed by atoms with Crippen LogP contribution in [-0.2, 0) is 0 Å². The topological polar surface area (TPSA) is 61.3 Å². The number of nitrogens with zero attached hydrogens (tertiary/aromatic N) is 1. The maximum absolute atomic E-state index is 5.65. The molecular weight excluding hydrogens is 156 g/mol. The fourth-order valence-corrected chi connectivity index (χ4v) is 1.04. The summed E-state index contributed by atoms with van der Waals surface area (Å²) in [6, 6.07) is 5.37. The molecule has 0 spiro atoms. The second kappa shape index (κ2) is 2.41. The summed E-state index contributed by atoms with van der Waals surface area (Å²) in [6.07, 6.45) is 0.239. The van der Waals surface area contributed by atoms with Gasteiger partial charge in [-0.05, 0) is 12.1 Å². The second-order valence-corrected chi connectivity index (χ2v) is 2.38. The summed E-state index contributed by atoms with van der Waals surface area (Å²) < 4.78 is 10.0. The van der Waals surface area contributed by atoms with Crippen LogP contribution >= 0.6 is 0 Å². The summed E-state index contributed by atoms with van der Waals surface area (Å²) in [5, 5.41) is 0. The van der Waals surface area contributed by atoms with E-state index in [4.69, 9.17) is 14.9 Å². The van der Waals surface area contributed by atoms with E-state index in [1.807, 2.05) is 6.07 Å². The first-order valence-electron chi connectivity index (χ1n) is 3.50. The predicted molar refractivity (Wildman–Crippen MR) is 45.0 cm³/mol. The first-order chi connectivity index (χ1) is 5.81. The number of benzene rings is 1. The van der Waals surface area contributed by atoms with E-state index in [0.717, 1.165) is 0 Å². The van der Waals surface area contributed by atoms with Gasteiger partial charge >= 0.3 is 6.08 Å². The fourth-order valence-electron chi connectivity index (χ4n) is 1.04. The first-order valence-corrected chi connectivity index (χ1v) is 3.50. The lowest BCUT2D eigenvalue weighted by atomic mass is 10.3. The lowest BCUT2D eigenvalue weighted by Crippen LogP contribution is -1.85. The molecule has 0 unspecified atom stereocenters. The molecule has 4 heteroatoms. The zero-order valence-electron chi connectivity index (χ0n) is 6.57. The molecule has 1 aromatic carbocycles. The normalized spacial score (nSPS) is 10.4. The Morgan fingerprint density at radius 2 is 2.33 bits per heavy atom. The second-order valence-electron chi connectivity index (χ2n) is 2.38. The standard InChI is InChI=1S/C8H8N2O2/c1-11-8-10-7-5(9)3-2-4-6(7)12-8/h2-4H,9H2,1H3. The molecule has 2 aromatic rings. The van der Waals surface area contributed by atoms with E-state index < -0.39 is 0 Å². The molecule has 0 atom stereocenters. The molecule has 0 saturated heterocycles. The van der Waals surface area contributed by atoms with E-state index in [-0.39, 0.29) is 6.08 Å². The molecule has 2 rings (SSSR count). The minimum atomic E-state index is 0.239. The SMILES string of the molecule is COc1nc2c(N)cccc2o1. The third-order valence-corrected chi connectivity index (χ3v) is 1.61. The highest BCUT2D eigenvalue weighted by Gasteiger charge is 2.06. The molecule has 1 heterocycles. The number of ether oxygens (including phenoxy) is 1. The highest BCUT2D eigenvalue weighted by molar-refractivity contribution is 5.85. The lowest BCUT2D eigenvalue weighted by molar-refractivity contribution is 0.299. The van der Waals surface area contributed by atoms with Crippen molar-refractivity contribution in [1.29, 1.82) is 0 Å². The van der Waals surface area contributed by atoms with Gasteiger partial charge in [0, 0.05) is 0 Å². The number of para-hydroxylation sites is 1. The van der Waals surface area contributed by atoms with Crippen molar-refractivity contribution in [2.45, 2.75) is 0 Å². The van der Waals surface area contributed by atoms with Gasteiger partial charge in [0.05, 0.1) is 12.8 Å². The first kappa shape index (κ1) is 6.97. The largest absolute Gasteiger partial charge is 0.453 e. The molecule has 0 aliphatic heterocycles. The van der Waals surface area contributed by atoms with Crippen LogP contribution in [0.25, 0.3) is 11.1 Å². The number of nitrogen functional groups attached to an aromatic ring is 1. The molecule has 0 bridgehead atoms. The number of anilines is 1. The highest BCUT2D eigenvalue weighted by atomic mass is 16.6. The van der Waals surface area contributed by atoms with Gasteiger partial charge in [-0.1, -0.05) is 6.07 Å². The van der Waals surface area contributed by atoms with E-state index in [0.29, 0.717) is 16.8 Å². The van der Waals surface area contributed by atoms with Crippen molar-refractivity contribution in [2.75, 3.05) is 12.8 Å². The van der Waals surface area contributed by atoms with E-state index in [2.05, 4.69) is 4.98 Å². The predicted octanol–water partition coefficient (Wildman–Crippen LogP) is 1.42. The Morgan fingerprint density at radius 3 is 3.00 bits per heavy atom. The van der Waals surface area contributed by atoms with Crippen molar-refractivity contribution in [3.63, 3.8) is 0 Å². The average Bonchev–Trinajstić information content (AvgIpc) is 2.49. The van der Waals surface area contributed by atoms with Crippen LogP contribution in [0, 0.1) is 0 Å². The zero-order chi connectivity index (χ0) is 8.55. The number of methoxy groups -OCH3 is 1. The quantitative estimate of drug-likeness (QED) is 0.647. The zero-order valence-corrected chi connectivity index (χ0v) is 6.57. The summed E-state index contributed by atoms with van der Waals surface area (Å²) in [7, 11) is 1.50. The molecule has 0 fully saturated rings. The molecule has 0 aliphatic rings. The van der Waals surface area contributed by atoms with Gasteiger partial charge in [-0.25, -0.2) is 0 Å². The molecule has 62 valence electrons. The monoisotopic (exact) mass is 164 g/mol. The third-order valence-electron chi connectivity index (χ3n) is 1.61. The van der Waals surface area contributed by atoms with Gasteiger partial charge < -0.3 is 14.9 Å². The number of oxazole rings is 1. The van der Waals surface area contributed by atoms with E-state index in [1.54, 1.807) is 12.1 Å². The highest BCUT2D eigenvalue weighted by Crippen LogP contribution is 2.24. The molecule has 12 heavy (non-hydrogen) atoms. The van der Waals surface area contributed by atoms with Gasteiger partial charge in [0.25, 0.3) is 0 Å². The molecule has 2 N–H and O–H groups in total. The Balaban J connectivity index is 2.74. The number of hydrogen-bond donors (Lipinski definition) is 1. The van der Waals surface area contributed by atoms with Crippen LogP contribution in [0.1, 0.15) is 0 Å². The van der Waals surface area contributed by atoms with Crippen molar-refractivity contribution < 1.29 is 9.15 Å². The average molecular weight is 164 g/mol. The molecule has 0 saturated carbocycles. The summed E-state index contributed by atoms with van der Waals surface area (Å²) in [5.74, 6) is 0. The summed E-state index contributed by atoms with van der Waals surface area (Å²) in [5.41, 5.74) is 7.54. The number of fused-ring (bicyclic) bond motifs is 1. The van der Waals surface area contributed by atoms with Crippen LogP contribution in [0.4, 0.5) is 5.69 Å². The van der Waals surface area contributed by atoms with Crippen LogP contribution < -0.4 is 10.5 Å². The number of hydrogen-bond acceptors (Lipinski definition) is 4. The van der Waals surface area contributed by atoms with Crippen molar-refractivity contribution in [3.05, 3.63) is 18.2 Å². The maximum Gasteiger partial charge on any atom is 0.394 e. The van der Waals surface area contributed by atoms with E-state index >= 15 is 0 Å². The van der Waals surface area contributed by atoms with Crippen LogP contribution in [-0.4, -0.2) is 12.1 Å². The van der Waals surface area contributed by atoms with Crippen LogP contribution in [0.2, 0.25) is 0 Å². The number of nitrogens with two attached hydrogens (primary N) is 1. The van der Waals surface area contributed by atoms with Crippen molar-refractivity contribution in [2.24, 2.45) is 0 Å². The molecular formula is C8H8N2O2. The van der Waals surface area contributed by atoms with Crippen molar-refractivity contribution in [1.82, 2.24) is 4.98 Å². The number of aromatic nitrogens is 1. The summed E-state index contributed by atoms with van der Waals surface area (Å²) >= 11 is 0. The summed E-state index contributed by atoms with van der Waals surface area (Å²) in [6.45, 7) is 0. The minimum absolute atomic E-state index is 0.239. The van der Waals surface area contributed by atoms with Gasteiger partial charge in [0.1, 0.15) is 5.52 Å². The molecule has 0 aliphatic carbocycles. The van der Waals surface area contributed by atoms with E-state index in [9.17, 15) is 0 Å². The van der Waals surface area contributed by atoms with Crippen molar-refractivity contribution in [3.8, 4) is 6.08 Å². The maximum atomic E-state index is 5.65. The Hall–Kier alpha value is -1.71. The third kappa shape index (κ3) is 0.887. The molecule has 1 aromatic heterocycles. The van der Waals surface area contributed by atoms with E-state index in [1.165, 1.54) is 7.11 Å². The molecule has 0 radical (unpaired) electrons. The van der Waals surface area contributed by atoms with Gasteiger partial charge in [-0.3, -0.25) is 0 Å². The van der Waals surface area contributed by atoms with Gasteiger partial charge in [-0.2, -0.15) is 4.98 Å². The Bertz CT molecular complexity index is 408. The lowest BCUT2D eigenvalue weighted by Gasteiger charge is -1.88. The van der Waals surface area contributed by atoms with Crippen LogP contribution in [0.3, 0.4) is 0 Å². The van der Waals surface area contributed by atoms with Crippen LogP contribution in [0.15, 0.2) is 22.6 Å². The number of rotatable bonds is 1. The van der Waals surface area contributed by atoms with Crippen molar-refractivity contribution >= 4 is 16.8 Å². The van der Waals surface area contributed by atoms with Gasteiger partial charge in [0.15, 0.2) is 5.58 Å². The minimum Gasteiger partial charge on any atom is -0.453 e. The Morgan fingerprint density at radius 1 is 1.50 bits per heavy atom. The van der Waals surface area contributed by atoms with Crippen LogP contribution in [0.5, 0.6) is 6.08 Å².